The molecule has 2 aromatic rings. The van der Waals surface area contributed by atoms with Gasteiger partial charge in [-0.05, 0) is 34.7 Å². The fourth-order valence-corrected chi connectivity index (χ4v) is 4.18. The molecule has 0 spiro atoms. The van der Waals surface area contributed by atoms with Crippen molar-refractivity contribution >= 4 is 24.8 Å². The predicted molar refractivity (Wildman–Crippen MR) is 135 cm³/mol. The Morgan fingerprint density at radius 3 is 2.33 bits per heavy atom. The average molecular weight is 499 g/mol. The summed E-state index contributed by atoms with van der Waals surface area (Å²) in [7, 11) is 0. The molecule has 0 radical (unpaired) electrons. The third-order valence-electron chi connectivity index (χ3n) is 5.90. The van der Waals surface area contributed by atoms with Crippen LogP contribution in [0.4, 0.5) is 0 Å². The van der Waals surface area contributed by atoms with E-state index in [1.807, 2.05) is 24.3 Å². The third kappa shape index (κ3) is 7.39. The second-order valence-corrected chi connectivity index (χ2v) is 9.48. The van der Waals surface area contributed by atoms with Gasteiger partial charge in [-0.1, -0.05) is 45.0 Å². The second-order valence-electron chi connectivity index (χ2n) is 9.48. The smallest absolute Gasteiger partial charge is 0.231 e. The van der Waals surface area contributed by atoms with Crippen molar-refractivity contribution in [2.45, 2.75) is 38.8 Å². The van der Waals surface area contributed by atoms with Crippen molar-refractivity contribution in [3.63, 3.8) is 0 Å². The molecule has 2 aliphatic heterocycles. The van der Waals surface area contributed by atoms with E-state index in [2.05, 4.69) is 48.8 Å². The number of piperazine rings is 1. The van der Waals surface area contributed by atoms with Gasteiger partial charge in [0.25, 0.3) is 0 Å². The molecule has 6 nitrogen and oxygen atoms in total. The molecular weight excluding hydrogens is 463 g/mol. The number of aliphatic hydroxyl groups is 1. The van der Waals surface area contributed by atoms with Crippen molar-refractivity contribution in [2.75, 3.05) is 46.1 Å². The van der Waals surface area contributed by atoms with E-state index in [4.69, 9.17) is 14.2 Å². The number of benzene rings is 2. The Bertz CT molecular complexity index is 883. The first kappa shape index (κ1) is 27.5. The minimum atomic E-state index is -0.506. The number of hydrogen-bond acceptors (Lipinski definition) is 6. The summed E-state index contributed by atoms with van der Waals surface area (Å²) in [6, 6.07) is 14.3. The number of fused-ring (bicyclic) bond motifs is 1. The van der Waals surface area contributed by atoms with Crippen LogP contribution in [0.15, 0.2) is 42.5 Å². The van der Waals surface area contributed by atoms with Gasteiger partial charge in [-0.2, -0.15) is 0 Å². The van der Waals surface area contributed by atoms with Crippen molar-refractivity contribution in [2.24, 2.45) is 0 Å². The van der Waals surface area contributed by atoms with Gasteiger partial charge >= 0.3 is 0 Å². The molecule has 0 aromatic heterocycles. The van der Waals surface area contributed by atoms with Crippen molar-refractivity contribution in [3.8, 4) is 17.2 Å². The van der Waals surface area contributed by atoms with Gasteiger partial charge in [0.05, 0.1) is 0 Å². The Morgan fingerprint density at radius 2 is 1.61 bits per heavy atom. The molecule has 0 amide bonds. The maximum atomic E-state index is 10.5. The first-order valence-corrected chi connectivity index (χ1v) is 11.1. The third-order valence-corrected chi connectivity index (χ3v) is 5.90. The molecule has 4 rings (SSSR count). The number of ether oxygens (including phenoxy) is 3. The summed E-state index contributed by atoms with van der Waals surface area (Å²) in [5.74, 6) is 2.53. The van der Waals surface area contributed by atoms with Crippen LogP contribution in [0.3, 0.4) is 0 Å². The summed E-state index contributed by atoms with van der Waals surface area (Å²) in [5.41, 5.74) is 2.42. The Labute approximate surface area is 209 Å². The normalized spacial score (nSPS) is 17.1. The van der Waals surface area contributed by atoms with E-state index in [0.717, 1.165) is 50.0 Å². The second kappa shape index (κ2) is 12.1. The van der Waals surface area contributed by atoms with Crippen LogP contribution in [0.1, 0.15) is 31.9 Å². The predicted octanol–water partition coefficient (Wildman–Crippen LogP) is 4.11. The Hall–Kier alpha value is -1.70. The highest BCUT2D eigenvalue weighted by atomic mass is 35.5. The van der Waals surface area contributed by atoms with Crippen LogP contribution >= 0.6 is 24.8 Å². The summed E-state index contributed by atoms with van der Waals surface area (Å²) in [6.45, 7) is 12.5. The molecule has 1 unspecified atom stereocenters. The SMILES string of the molecule is CC(C)(C)c1ccccc1OCC(O)CN1CCN(Cc2ccc3c(c2)OCO3)CC1.Cl.Cl. The van der Waals surface area contributed by atoms with Crippen molar-refractivity contribution in [1.29, 1.82) is 0 Å². The van der Waals surface area contributed by atoms with Crippen LogP contribution < -0.4 is 14.2 Å². The van der Waals surface area contributed by atoms with E-state index in [1.54, 1.807) is 0 Å². The molecule has 2 aliphatic rings. The highest BCUT2D eigenvalue weighted by molar-refractivity contribution is 5.85. The topological polar surface area (TPSA) is 54.4 Å². The van der Waals surface area contributed by atoms with Gasteiger partial charge in [-0.25, -0.2) is 0 Å². The van der Waals surface area contributed by atoms with Crippen molar-refractivity contribution in [3.05, 3.63) is 53.6 Å². The molecule has 0 saturated carbocycles. The molecule has 1 fully saturated rings. The lowest BCUT2D eigenvalue weighted by molar-refractivity contribution is 0.0442. The van der Waals surface area contributed by atoms with E-state index in [9.17, 15) is 5.11 Å². The summed E-state index contributed by atoms with van der Waals surface area (Å²) in [4.78, 5) is 4.76. The fourth-order valence-electron chi connectivity index (χ4n) is 4.18. The zero-order chi connectivity index (χ0) is 21.8. The largest absolute Gasteiger partial charge is 0.491 e. The van der Waals surface area contributed by atoms with Crippen LogP contribution in [0, 0.1) is 0 Å². The van der Waals surface area contributed by atoms with Crippen LogP contribution in [0.2, 0.25) is 0 Å². The summed E-state index contributed by atoms with van der Waals surface area (Å²) in [5, 5.41) is 10.5. The average Bonchev–Trinajstić information content (AvgIpc) is 3.21. The molecule has 2 heterocycles. The first-order chi connectivity index (χ1) is 14.9. The van der Waals surface area contributed by atoms with Gasteiger partial charge in [0.2, 0.25) is 6.79 Å². The first-order valence-electron chi connectivity index (χ1n) is 11.1. The van der Waals surface area contributed by atoms with Gasteiger partial charge in [0.1, 0.15) is 18.5 Å². The monoisotopic (exact) mass is 498 g/mol. The standard InChI is InChI=1S/C25H34N2O4.2ClH/c1-25(2,3)21-6-4-5-7-22(21)29-17-20(28)16-27-12-10-26(11-13-27)15-19-8-9-23-24(14-19)31-18-30-23;;/h4-9,14,20,28H,10-13,15-18H2,1-3H3;2*1H. The molecule has 8 heteroatoms. The summed E-state index contributed by atoms with van der Waals surface area (Å²) in [6.07, 6.45) is -0.506. The highest BCUT2D eigenvalue weighted by Gasteiger charge is 2.22. The molecular formula is C25H36Cl2N2O4. The van der Waals surface area contributed by atoms with Crippen molar-refractivity contribution in [1.82, 2.24) is 9.80 Å². The number of para-hydroxylation sites is 1. The molecule has 184 valence electrons. The lowest BCUT2D eigenvalue weighted by Gasteiger charge is -2.35. The van der Waals surface area contributed by atoms with Gasteiger partial charge in [0.15, 0.2) is 11.5 Å². The van der Waals surface area contributed by atoms with Gasteiger partial charge in [-0.3, -0.25) is 9.80 Å². The van der Waals surface area contributed by atoms with Crippen LogP contribution in [0.5, 0.6) is 17.2 Å². The number of rotatable bonds is 7. The quantitative estimate of drug-likeness (QED) is 0.619. The van der Waals surface area contributed by atoms with Crippen molar-refractivity contribution < 1.29 is 19.3 Å². The maximum Gasteiger partial charge on any atom is 0.231 e. The number of halogens is 2. The maximum absolute atomic E-state index is 10.5. The molecule has 0 bridgehead atoms. The molecule has 33 heavy (non-hydrogen) atoms. The Morgan fingerprint density at radius 1 is 0.939 bits per heavy atom. The summed E-state index contributed by atoms with van der Waals surface area (Å²) < 4.78 is 16.9. The number of β-amino-alcohol motifs (C(OH)–C–C–N with tert-alkyl or cyclic N) is 1. The zero-order valence-electron chi connectivity index (χ0n) is 19.7. The molecule has 1 atom stereocenters. The number of hydrogen-bond donors (Lipinski definition) is 1. The van der Waals surface area contributed by atoms with E-state index >= 15 is 0 Å². The zero-order valence-corrected chi connectivity index (χ0v) is 21.3. The van der Waals surface area contributed by atoms with Crippen LogP contribution in [0.25, 0.3) is 0 Å². The lowest BCUT2D eigenvalue weighted by atomic mass is 9.86. The Balaban J connectivity index is 0.00000193. The van der Waals surface area contributed by atoms with E-state index in [0.29, 0.717) is 19.9 Å². The molecule has 0 aliphatic carbocycles. The van der Waals surface area contributed by atoms with Crippen LogP contribution in [-0.2, 0) is 12.0 Å². The van der Waals surface area contributed by atoms with E-state index in [1.165, 1.54) is 11.1 Å². The lowest BCUT2D eigenvalue weighted by Crippen LogP contribution is -2.48. The van der Waals surface area contributed by atoms with Gasteiger partial charge in [0, 0.05) is 39.3 Å². The number of aliphatic hydroxyl groups excluding tert-OH is 1. The minimum absolute atomic E-state index is 0. The van der Waals surface area contributed by atoms with Gasteiger partial charge in [-0.15, -0.1) is 24.8 Å². The minimum Gasteiger partial charge on any atom is -0.491 e. The van der Waals surface area contributed by atoms with Crippen LogP contribution in [-0.4, -0.2) is 67.1 Å². The highest BCUT2D eigenvalue weighted by Crippen LogP contribution is 2.33. The van der Waals surface area contributed by atoms with E-state index in [-0.39, 0.29) is 30.2 Å². The van der Waals surface area contributed by atoms with Gasteiger partial charge < -0.3 is 19.3 Å². The molecule has 1 saturated heterocycles. The Kier molecular flexibility index (Phi) is 10.1. The number of nitrogens with zero attached hydrogens (tertiary/aromatic N) is 2. The molecule has 2 aromatic carbocycles. The summed E-state index contributed by atoms with van der Waals surface area (Å²) >= 11 is 0. The molecule has 1 N–H and O–H groups in total. The van der Waals surface area contributed by atoms with E-state index < -0.39 is 6.10 Å². The fraction of sp³-hybridized carbons (Fsp3) is 0.520.